The summed E-state index contributed by atoms with van der Waals surface area (Å²) in [5.74, 6) is 0. The molecular weight excluding hydrogens is 244 g/mol. The van der Waals surface area contributed by atoms with Crippen molar-refractivity contribution in [3.63, 3.8) is 0 Å². The van der Waals surface area contributed by atoms with Gasteiger partial charge in [-0.15, -0.1) is 0 Å². The molecule has 1 N–H and O–H groups in total. The zero-order valence-corrected chi connectivity index (χ0v) is 12.3. The third-order valence-electron chi connectivity index (χ3n) is 3.90. The first-order valence-corrected chi connectivity index (χ1v) is 7.12. The Morgan fingerprint density at radius 1 is 1.33 bits per heavy atom. The van der Waals surface area contributed by atoms with Crippen molar-refractivity contribution in [1.29, 1.82) is 0 Å². The van der Waals surface area contributed by atoms with E-state index in [0.29, 0.717) is 6.04 Å². The van der Waals surface area contributed by atoms with Gasteiger partial charge in [0.05, 0.1) is 0 Å². The summed E-state index contributed by atoms with van der Waals surface area (Å²) in [6.07, 6.45) is 1.19. The van der Waals surface area contributed by atoms with Crippen molar-refractivity contribution >= 4 is 11.6 Å². The van der Waals surface area contributed by atoms with Gasteiger partial charge in [-0.2, -0.15) is 0 Å². The van der Waals surface area contributed by atoms with E-state index in [1.807, 2.05) is 12.1 Å². The topological polar surface area (TPSA) is 15.3 Å². The van der Waals surface area contributed by atoms with E-state index in [4.69, 9.17) is 11.6 Å². The van der Waals surface area contributed by atoms with Crippen molar-refractivity contribution in [2.75, 3.05) is 13.1 Å². The Hall–Kier alpha value is -0.570. The molecule has 1 saturated heterocycles. The highest BCUT2D eigenvalue weighted by molar-refractivity contribution is 6.30. The summed E-state index contributed by atoms with van der Waals surface area (Å²) >= 11 is 5.93. The molecule has 18 heavy (non-hydrogen) atoms. The second-order valence-corrected chi connectivity index (χ2v) is 6.24. The van der Waals surface area contributed by atoms with Crippen molar-refractivity contribution in [3.8, 4) is 0 Å². The van der Waals surface area contributed by atoms with Crippen molar-refractivity contribution in [2.45, 2.75) is 45.3 Å². The molecule has 1 unspecified atom stereocenters. The molecule has 2 nitrogen and oxygen atoms in total. The zero-order chi connectivity index (χ0) is 13.2. The maximum atomic E-state index is 5.93. The van der Waals surface area contributed by atoms with Crippen LogP contribution in [0, 0.1) is 0 Å². The maximum absolute atomic E-state index is 5.93. The van der Waals surface area contributed by atoms with Gasteiger partial charge >= 0.3 is 0 Å². The Bertz CT molecular complexity index is 386. The van der Waals surface area contributed by atoms with Gasteiger partial charge in [0, 0.05) is 36.2 Å². The number of hydrogen-bond donors (Lipinski definition) is 1. The van der Waals surface area contributed by atoms with Crippen LogP contribution in [0.3, 0.4) is 0 Å². The van der Waals surface area contributed by atoms with E-state index in [1.54, 1.807) is 0 Å². The first-order valence-electron chi connectivity index (χ1n) is 6.74. The Balaban J connectivity index is 2.07. The lowest BCUT2D eigenvalue weighted by atomic mass is 9.95. The van der Waals surface area contributed by atoms with Crippen LogP contribution in [0.25, 0.3) is 0 Å². The Morgan fingerprint density at radius 2 is 2.00 bits per heavy atom. The number of halogens is 1. The standard InChI is InChI=1S/C15H23ClN2/c1-4-14-10-18(15(2,3)11-17-14)9-12-5-7-13(16)8-6-12/h5-8,14,17H,4,9-11H2,1-3H3. The zero-order valence-electron chi connectivity index (χ0n) is 11.5. The van der Waals surface area contributed by atoms with Crippen LogP contribution in [-0.4, -0.2) is 29.6 Å². The van der Waals surface area contributed by atoms with Gasteiger partial charge in [-0.25, -0.2) is 0 Å². The summed E-state index contributed by atoms with van der Waals surface area (Å²) in [6, 6.07) is 8.82. The van der Waals surface area contributed by atoms with Gasteiger partial charge in [0.1, 0.15) is 0 Å². The highest BCUT2D eigenvalue weighted by atomic mass is 35.5. The fourth-order valence-electron chi connectivity index (χ4n) is 2.45. The van der Waals surface area contributed by atoms with Crippen molar-refractivity contribution in [3.05, 3.63) is 34.9 Å². The lowest BCUT2D eigenvalue weighted by Crippen LogP contribution is -2.61. The number of benzene rings is 1. The second kappa shape index (κ2) is 5.60. The van der Waals surface area contributed by atoms with Crippen molar-refractivity contribution in [2.24, 2.45) is 0 Å². The second-order valence-electron chi connectivity index (χ2n) is 5.81. The molecule has 1 aliphatic rings. The molecule has 1 atom stereocenters. The summed E-state index contributed by atoms with van der Waals surface area (Å²) in [6.45, 7) is 10.0. The summed E-state index contributed by atoms with van der Waals surface area (Å²) < 4.78 is 0. The number of nitrogens with zero attached hydrogens (tertiary/aromatic N) is 1. The predicted molar refractivity (Wildman–Crippen MR) is 78.0 cm³/mol. The van der Waals surface area contributed by atoms with Crippen LogP contribution >= 0.6 is 11.6 Å². The van der Waals surface area contributed by atoms with Crippen LogP contribution in [0.2, 0.25) is 5.02 Å². The van der Waals surface area contributed by atoms with E-state index < -0.39 is 0 Å². The van der Waals surface area contributed by atoms with E-state index in [0.717, 1.165) is 24.7 Å². The molecule has 0 aromatic heterocycles. The first kappa shape index (κ1) is 13.9. The highest BCUT2D eigenvalue weighted by Gasteiger charge is 2.32. The van der Waals surface area contributed by atoms with E-state index in [2.05, 4.69) is 43.1 Å². The lowest BCUT2D eigenvalue weighted by Gasteiger charge is -2.46. The minimum Gasteiger partial charge on any atom is -0.311 e. The molecule has 1 aliphatic heterocycles. The van der Waals surface area contributed by atoms with E-state index in [1.165, 1.54) is 12.0 Å². The highest BCUT2D eigenvalue weighted by Crippen LogP contribution is 2.22. The van der Waals surface area contributed by atoms with Crippen LogP contribution < -0.4 is 5.32 Å². The SMILES string of the molecule is CCC1CN(Cc2ccc(Cl)cc2)C(C)(C)CN1. The average Bonchev–Trinajstić information content (AvgIpc) is 2.34. The van der Waals surface area contributed by atoms with E-state index in [9.17, 15) is 0 Å². The average molecular weight is 267 g/mol. The van der Waals surface area contributed by atoms with Gasteiger partial charge in [-0.3, -0.25) is 4.90 Å². The maximum Gasteiger partial charge on any atom is 0.0406 e. The normalized spacial score (nSPS) is 24.1. The summed E-state index contributed by atoms with van der Waals surface area (Å²) in [4.78, 5) is 2.57. The quantitative estimate of drug-likeness (QED) is 0.903. The van der Waals surface area contributed by atoms with Crippen molar-refractivity contribution in [1.82, 2.24) is 10.2 Å². The van der Waals surface area contributed by atoms with Crippen LogP contribution in [0.15, 0.2) is 24.3 Å². The van der Waals surface area contributed by atoms with E-state index in [-0.39, 0.29) is 5.54 Å². The van der Waals surface area contributed by atoms with Crippen LogP contribution in [0.1, 0.15) is 32.8 Å². The monoisotopic (exact) mass is 266 g/mol. The molecule has 1 heterocycles. The molecule has 3 heteroatoms. The molecule has 0 radical (unpaired) electrons. The van der Waals surface area contributed by atoms with Gasteiger partial charge in [0.15, 0.2) is 0 Å². The van der Waals surface area contributed by atoms with Crippen LogP contribution in [0.5, 0.6) is 0 Å². The molecule has 0 bridgehead atoms. The minimum absolute atomic E-state index is 0.214. The van der Waals surface area contributed by atoms with Crippen LogP contribution in [-0.2, 0) is 6.54 Å². The van der Waals surface area contributed by atoms with Gasteiger partial charge in [-0.05, 0) is 38.0 Å². The first-order chi connectivity index (χ1) is 8.51. The van der Waals surface area contributed by atoms with Gasteiger partial charge < -0.3 is 5.32 Å². The molecule has 0 amide bonds. The molecule has 0 saturated carbocycles. The number of piperazine rings is 1. The number of nitrogens with one attached hydrogen (secondary N) is 1. The smallest absolute Gasteiger partial charge is 0.0406 e. The van der Waals surface area contributed by atoms with Gasteiger partial charge in [-0.1, -0.05) is 30.7 Å². The molecular formula is C15H23ClN2. The Kier molecular flexibility index (Phi) is 4.31. The molecule has 2 rings (SSSR count). The van der Waals surface area contributed by atoms with Crippen molar-refractivity contribution < 1.29 is 0 Å². The summed E-state index contributed by atoms with van der Waals surface area (Å²) in [5, 5.41) is 4.43. The lowest BCUT2D eigenvalue weighted by molar-refractivity contribution is 0.0577. The molecule has 1 fully saturated rings. The third kappa shape index (κ3) is 3.25. The predicted octanol–water partition coefficient (Wildman–Crippen LogP) is 3.30. The number of rotatable bonds is 3. The third-order valence-corrected chi connectivity index (χ3v) is 4.15. The molecule has 0 spiro atoms. The van der Waals surface area contributed by atoms with Crippen LogP contribution in [0.4, 0.5) is 0 Å². The van der Waals surface area contributed by atoms with Gasteiger partial charge in [0.25, 0.3) is 0 Å². The molecule has 1 aromatic carbocycles. The van der Waals surface area contributed by atoms with Gasteiger partial charge in [0.2, 0.25) is 0 Å². The fraction of sp³-hybridized carbons (Fsp3) is 0.600. The molecule has 1 aromatic rings. The fourth-order valence-corrected chi connectivity index (χ4v) is 2.57. The summed E-state index contributed by atoms with van der Waals surface area (Å²) in [5.41, 5.74) is 1.55. The number of hydrogen-bond acceptors (Lipinski definition) is 2. The minimum atomic E-state index is 0.214. The summed E-state index contributed by atoms with van der Waals surface area (Å²) in [7, 11) is 0. The Labute approximate surface area is 115 Å². The Morgan fingerprint density at radius 3 is 2.61 bits per heavy atom. The molecule has 100 valence electrons. The van der Waals surface area contributed by atoms with E-state index >= 15 is 0 Å². The largest absolute Gasteiger partial charge is 0.311 e. The molecule has 0 aliphatic carbocycles.